The average Bonchev–Trinajstić information content (AvgIpc) is 3.69. The lowest BCUT2D eigenvalue weighted by atomic mass is 10.1. The molecule has 8 rings (SSSR count). The van der Waals surface area contributed by atoms with Crippen LogP contribution in [0.3, 0.4) is 0 Å². The Bertz CT molecular complexity index is 1070. The van der Waals surface area contributed by atoms with Gasteiger partial charge < -0.3 is 15.0 Å². The second kappa shape index (κ2) is 5.81. The fourth-order valence-electron chi connectivity index (χ4n) is 6.72. The summed E-state index contributed by atoms with van der Waals surface area (Å²) in [6.07, 6.45) is 2.30. The second-order valence-electron chi connectivity index (χ2n) is 9.78. The van der Waals surface area contributed by atoms with Crippen molar-refractivity contribution in [2.24, 2.45) is 17.8 Å². The number of pyridine rings is 1. The number of ether oxygens (including phenoxy) is 1. The van der Waals surface area contributed by atoms with Crippen molar-refractivity contribution in [2.75, 3.05) is 32.0 Å². The summed E-state index contributed by atoms with van der Waals surface area (Å²) < 4.78 is 47.9. The van der Waals surface area contributed by atoms with Gasteiger partial charge in [-0.15, -0.1) is 0 Å². The molecule has 5 saturated carbocycles. The van der Waals surface area contributed by atoms with Crippen LogP contribution in [0, 0.1) is 17.8 Å². The number of hydrogen-bond donors (Lipinski definition) is 1. The van der Waals surface area contributed by atoms with Crippen molar-refractivity contribution in [1.29, 1.82) is 0 Å². The van der Waals surface area contributed by atoms with E-state index in [-0.39, 0.29) is 5.54 Å². The van der Waals surface area contributed by atoms with Gasteiger partial charge >= 0.3 is 6.18 Å². The van der Waals surface area contributed by atoms with E-state index in [1.54, 1.807) is 0 Å². The Labute approximate surface area is 177 Å². The topological polar surface area (TPSA) is 69.2 Å². The van der Waals surface area contributed by atoms with Crippen LogP contribution in [0.4, 0.5) is 19.0 Å². The van der Waals surface area contributed by atoms with Crippen LogP contribution >= 0.6 is 0 Å². The molecule has 0 spiro atoms. The van der Waals surface area contributed by atoms with Crippen molar-refractivity contribution in [3.8, 4) is 11.3 Å². The van der Waals surface area contributed by atoms with Crippen molar-refractivity contribution < 1.29 is 17.9 Å². The van der Waals surface area contributed by atoms with Crippen molar-refractivity contribution in [1.82, 2.24) is 19.4 Å². The molecule has 9 heteroatoms. The Morgan fingerprint density at radius 3 is 2.61 bits per heavy atom. The first-order valence-corrected chi connectivity index (χ1v) is 11.2. The normalized spacial score (nSPS) is 36.5. The number of nitrogen functional groups attached to an aromatic ring is 1. The fraction of sp³-hybridized carbons (Fsp3) is 0.636. The quantitative estimate of drug-likeness (QED) is 0.806. The molecule has 2 aromatic heterocycles. The number of nitrogens with two attached hydrogens (primary N) is 1. The molecule has 1 saturated heterocycles. The summed E-state index contributed by atoms with van der Waals surface area (Å²) in [5, 5.41) is 0. The molecule has 0 aromatic carbocycles. The van der Waals surface area contributed by atoms with E-state index in [1.807, 2.05) is 6.20 Å². The molecule has 0 amide bonds. The molecule has 3 heterocycles. The van der Waals surface area contributed by atoms with Crippen LogP contribution in [0.15, 0.2) is 18.5 Å². The smallest absolute Gasteiger partial charge is 0.383 e. The number of aromatic nitrogens is 3. The minimum absolute atomic E-state index is 0.153. The van der Waals surface area contributed by atoms with Crippen LogP contribution < -0.4 is 5.73 Å². The SMILES string of the molecule is Nc1ncc(-c2cn([C@@]34C5C(N6CCOCC6)C[C@H]3[C@@H]54)c(C3CC3)n2)cc1C(F)(F)F. The Hall–Kier alpha value is -2.13. The monoisotopic (exact) mass is 431 g/mol. The lowest BCUT2D eigenvalue weighted by Gasteiger charge is -2.32. The number of nitrogens with zero attached hydrogens (tertiary/aromatic N) is 4. The number of hydrogen-bond acceptors (Lipinski definition) is 5. The molecule has 31 heavy (non-hydrogen) atoms. The van der Waals surface area contributed by atoms with Crippen LogP contribution in [0.5, 0.6) is 0 Å². The van der Waals surface area contributed by atoms with Gasteiger partial charge in [0, 0.05) is 48.9 Å². The molecular formula is C22H24F3N5O. The van der Waals surface area contributed by atoms with Crippen molar-refractivity contribution in [2.45, 2.75) is 42.9 Å². The highest BCUT2D eigenvalue weighted by atomic mass is 19.4. The minimum Gasteiger partial charge on any atom is -0.383 e. The van der Waals surface area contributed by atoms with E-state index in [0.29, 0.717) is 41.0 Å². The Balaban J connectivity index is 1.24. The van der Waals surface area contributed by atoms with Crippen LogP contribution in [0.1, 0.15) is 36.6 Å². The van der Waals surface area contributed by atoms with E-state index in [4.69, 9.17) is 15.5 Å². The molecule has 5 aliphatic carbocycles. The zero-order valence-electron chi connectivity index (χ0n) is 17.0. The fourth-order valence-corrected chi connectivity index (χ4v) is 6.72. The van der Waals surface area contributed by atoms with E-state index in [1.165, 1.54) is 12.6 Å². The van der Waals surface area contributed by atoms with Crippen LogP contribution in [-0.4, -0.2) is 51.8 Å². The maximum absolute atomic E-state index is 13.3. The summed E-state index contributed by atoms with van der Waals surface area (Å²) in [5.74, 6) is 3.02. The lowest BCUT2D eigenvalue weighted by molar-refractivity contribution is -0.137. The summed E-state index contributed by atoms with van der Waals surface area (Å²) in [4.78, 5) is 11.2. The number of imidazole rings is 1. The van der Waals surface area contributed by atoms with Gasteiger partial charge in [-0.3, -0.25) is 4.90 Å². The van der Waals surface area contributed by atoms with Crippen molar-refractivity contribution in [3.63, 3.8) is 0 Å². The zero-order chi connectivity index (χ0) is 21.1. The first kappa shape index (κ1) is 18.4. The van der Waals surface area contributed by atoms with Gasteiger partial charge in [-0.1, -0.05) is 0 Å². The van der Waals surface area contributed by atoms with Crippen molar-refractivity contribution >= 4 is 5.82 Å². The lowest BCUT2D eigenvalue weighted by Crippen LogP contribution is -2.43. The summed E-state index contributed by atoms with van der Waals surface area (Å²) in [6, 6.07) is 1.69. The summed E-state index contributed by atoms with van der Waals surface area (Å²) >= 11 is 0. The molecule has 164 valence electrons. The molecule has 2 unspecified atom stereocenters. The Morgan fingerprint density at radius 2 is 1.94 bits per heavy atom. The van der Waals surface area contributed by atoms with Gasteiger partial charge in [-0.25, -0.2) is 9.97 Å². The molecule has 6 aliphatic rings. The number of anilines is 1. The molecule has 2 bridgehead atoms. The third-order valence-electron chi connectivity index (χ3n) is 8.30. The van der Waals surface area contributed by atoms with Crippen LogP contribution in [0.2, 0.25) is 0 Å². The van der Waals surface area contributed by atoms with E-state index in [2.05, 4.69) is 14.5 Å². The van der Waals surface area contributed by atoms with Crippen LogP contribution in [-0.2, 0) is 16.5 Å². The van der Waals surface area contributed by atoms with Gasteiger partial charge in [-0.05, 0) is 37.2 Å². The first-order chi connectivity index (χ1) is 14.9. The predicted molar refractivity (Wildman–Crippen MR) is 106 cm³/mol. The predicted octanol–water partition coefficient (Wildman–Crippen LogP) is 3.10. The van der Waals surface area contributed by atoms with Gasteiger partial charge in [-0.2, -0.15) is 13.2 Å². The summed E-state index contributed by atoms with van der Waals surface area (Å²) in [5.41, 5.74) is 5.71. The van der Waals surface area contributed by atoms with Gasteiger partial charge in [0.1, 0.15) is 11.6 Å². The summed E-state index contributed by atoms with van der Waals surface area (Å²) in [7, 11) is 0. The second-order valence-corrected chi connectivity index (χ2v) is 9.78. The molecule has 1 aliphatic heterocycles. The number of morpholine rings is 1. The Morgan fingerprint density at radius 1 is 1.16 bits per heavy atom. The summed E-state index contributed by atoms with van der Waals surface area (Å²) in [6.45, 7) is 3.61. The maximum atomic E-state index is 13.3. The Kier molecular flexibility index (Phi) is 3.45. The molecule has 2 N–H and O–H groups in total. The number of alkyl halides is 3. The third kappa shape index (κ3) is 2.42. The van der Waals surface area contributed by atoms with Gasteiger partial charge in [0.25, 0.3) is 0 Å². The van der Waals surface area contributed by atoms with Gasteiger partial charge in [0.05, 0.1) is 30.0 Å². The number of fused-ring (bicyclic) bond motifs is 1. The highest BCUT2D eigenvalue weighted by Gasteiger charge is 2.94. The number of halogens is 3. The average molecular weight is 431 g/mol. The molecule has 2 aromatic rings. The van der Waals surface area contributed by atoms with E-state index < -0.39 is 17.6 Å². The maximum Gasteiger partial charge on any atom is 0.419 e. The highest BCUT2D eigenvalue weighted by Crippen LogP contribution is 2.89. The third-order valence-corrected chi connectivity index (χ3v) is 8.30. The van der Waals surface area contributed by atoms with E-state index >= 15 is 0 Å². The number of rotatable bonds is 4. The van der Waals surface area contributed by atoms with Gasteiger partial charge in [0.15, 0.2) is 0 Å². The van der Waals surface area contributed by atoms with Crippen LogP contribution in [0.25, 0.3) is 11.3 Å². The van der Waals surface area contributed by atoms with Crippen molar-refractivity contribution in [3.05, 3.63) is 29.8 Å². The molecule has 6 nitrogen and oxygen atoms in total. The van der Waals surface area contributed by atoms with E-state index in [0.717, 1.165) is 51.0 Å². The zero-order valence-corrected chi connectivity index (χ0v) is 17.0. The minimum atomic E-state index is -4.53. The highest BCUT2D eigenvalue weighted by molar-refractivity contribution is 5.63. The van der Waals surface area contributed by atoms with Gasteiger partial charge in [0.2, 0.25) is 0 Å². The molecule has 5 atom stereocenters. The molecular weight excluding hydrogens is 407 g/mol. The molecule has 0 radical (unpaired) electrons. The first-order valence-electron chi connectivity index (χ1n) is 11.2. The largest absolute Gasteiger partial charge is 0.419 e. The van der Waals surface area contributed by atoms with E-state index in [9.17, 15) is 13.2 Å². The standard InChI is InChI=1S/C22H24F3N5O/c23-22(24,25)14-7-12(9-27-19(14)26)15-10-30(20(28-15)11-1-2-11)21-13-8-16(18(21)17(13)21)29-3-5-31-6-4-29/h7,9-11,13,16-18H,1-6,8H2,(H2,26,27)/t13-,16?,17-,18?,21-/m0/s1. The molecule has 6 fully saturated rings.